The zero-order valence-corrected chi connectivity index (χ0v) is 29.4. The van der Waals surface area contributed by atoms with Crippen molar-refractivity contribution in [1.82, 2.24) is 0 Å². The number of hydrogen-bond donors (Lipinski definition) is 0. The molecule has 0 atom stereocenters. The summed E-state index contributed by atoms with van der Waals surface area (Å²) in [5, 5.41) is 0. The highest BCUT2D eigenvalue weighted by atomic mass is 32.9. The topological polar surface area (TPSA) is 6.48 Å². The summed E-state index contributed by atoms with van der Waals surface area (Å²) in [5.74, 6) is 0. The van der Waals surface area contributed by atoms with Crippen LogP contribution in [-0.4, -0.2) is 0 Å². The van der Waals surface area contributed by atoms with Gasteiger partial charge in [0, 0.05) is 46.7 Å². The lowest BCUT2D eigenvalue weighted by Crippen LogP contribution is -2.43. The van der Waals surface area contributed by atoms with E-state index >= 15 is 0 Å². The molecular formula is C34H32N2S6. The van der Waals surface area contributed by atoms with E-state index in [1.807, 2.05) is 20.7 Å². The van der Waals surface area contributed by atoms with E-state index in [9.17, 15) is 0 Å². The Hall–Kier alpha value is -2.20. The van der Waals surface area contributed by atoms with Crippen molar-refractivity contribution in [3.8, 4) is 22.3 Å². The first-order valence-electron chi connectivity index (χ1n) is 14.1. The van der Waals surface area contributed by atoms with Crippen LogP contribution in [0, 0.1) is 21.5 Å². The molecule has 0 radical (unpaired) electrons. The summed E-state index contributed by atoms with van der Waals surface area (Å²) < 4.78 is 2.02. The summed E-state index contributed by atoms with van der Waals surface area (Å²) in [4.78, 5) is 7.89. The van der Waals surface area contributed by atoms with E-state index in [1.165, 1.54) is 65.6 Å². The zero-order chi connectivity index (χ0) is 29.6. The van der Waals surface area contributed by atoms with Crippen molar-refractivity contribution in [2.24, 2.45) is 0 Å². The molecule has 2 nitrogen and oxygen atoms in total. The largest absolute Gasteiger partial charge is 0.357 e. The van der Waals surface area contributed by atoms with Crippen molar-refractivity contribution in [2.75, 3.05) is 9.80 Å². The summed E-state index contributed by atoms with van der Waals surface area (Å²) in [6.07, 6.45) is 0. The van der Waals surface area contributed by atoms with Gasteiger partial charge in [0.05, 0.1) is 20.8 Å². The standard InChI is InChI=1S/C34H32N2S6/c1-19-7-13-25-23(15-19)27-29(39-41-31(27)37)33(3,4)35(25)17-21-9-11-22(12-10-21)18-36-26-14-8-20(2)16-24(26)28-30(34(36,5)6)40-42-32(28)38/h7-16H,17-18H2,1-6H3. The molecule has 0 unspecified atom stereocenters. The van der Waals surface area contributed by atoms with Crippen molar-refractivity contribution < 1.29 is 0 Å². The Labute approximate surface area is 273 Å². The quantitative estimate of drug-likeness (QED) is 0.140. The molecule has 2 aromatic heterocycles. The molecule has 4 heterocycles. The fourth-order valence-corrected chi connectivity index (χ4v) is 13.1. The minimum atomic E-state index is -0.142. The SMILES string of the molecule is Cc1ccc2c(c1)-c1c(ssc1=S)C(C)(C)N2Cc1ccc(CN2c3ccc(C)cc3-c3c(ssc3=S)C2(C)C)cc1. The summed E-state index contributed by atoms with van der Waals surface area (Å²) in [6.45, 7) is 15.4. The Kier molecular flexibility index (Phi) is 6.92. The van der Waals surface area contributed by atoms with Crippen LogP contribution in [0.5, 0.6) is 0 Å². The molecule has 8 heteroatoms. The number of benzene rings is 3. The van der Waals surface area contributed by atoms with E-state index in [1.54, 1.807) is 20.7 Å². The van der Waals surface area contributed by atoms with E-state index in [0.29, 0.717) is 0 Å². The van der Waals surface area contributed by atoms with E-state index in [-0.39, 0.29) is 11.1 Å². The predicted octanol–water partition coefficient (Wildman–Crippen LogP) is 11.9. The van der Waals surface area contributed by atoms with E-state index in [0.717, 1.165) is 20.7 Å². The minimum Gasteiger partial charge on any atom is -0.357 e. The average molecular weight is 661 g/mol. The molecule has 2 aliphatic rings. The lowest BCUT2D eigenvalue weighted by molar-refractivity contribution is 0.481. The highest BCUT2D eigenvalue weighted by Gasteiger charge is 2.41. The molecule has 42 heavy (non-hydrogen) atoms. The fraction of sp³-hybridized carbons (Fsp3) is 0.294. The maximum Gasteiger partial charge on any atom is 0.110 e. The van der Waals surface area contributed by atoms with Crippen LogP contribution < -0.4 is 9.80 Å². The van der Waals surface area contributed by atoms with Crippen molar-refractivity contribution in [2.45, 2.75) is 65.7 Å². The van der Waals surface area contributed by atoms with Gasteiger partial charge in [-0.1, -0.05) is 113 Å². The van der Waals surface area contributed by atoms with Crippen molar-refractivity contribution in [3.63, 3.8) is 0 Å². The second-order valence-electron chi connectivity index (χ2n) is 12.5. The number of hydrogen-bond acceptors (Lipinski definition) is 8. The molecule has 0 amide bonds. The Morgan fingerprint density at radius 2 is 0.952 bits per heavy atom. The first-order chi connectivity index (χ1) is 20.0. The first kappa shape index (κ1) is 28.6. The van der Waals surface area contributed by atoms with Crippen LogP contribution in [0.3, 0.4) is 0 Å². The van der Waals surface area contributed by atoms with Gasteiger partial charge < -0.3 is 9.80 Å². The third-order valence-electron chi connectivity index (χ3n) is 8.85. The van der Waals surface area contributed by atoms with Gasteiger partial charge in [0.1, 0.15) is 7.65 Å². The van der Waals surface area contributed by atoms with Crippen LogP contribution in [0.1, 0.15) is 59.7 Å². The van der Waals surface area contributed by atoms with Gasteiger partial charge in [-0.25, -0.2) is 0 Å². The van der Waals surface area contributed by atoms with Gasteiger partial charge in [-0.3, -0.25) is 0 Å². The second kappa shape index (κ2) is 10.2. The van der Waals surface area contributed by atoms with Gasteiger partial charge in [0.15, 0.2) is 0 Å². The third-order valence-corrected chi connectivity index (χ3v) is 15.5. The Morgan fingerprint density at radius 1 is 0.571 bits per heavy atom. The molecular weight excluding hydrogens is 629 g/mol. The van der Waals surface area contributed by atoms with Gasteiger partial charge in [-0.2, -0.15) is 0 Å². The molecule has 0 bridgehead atoms. The van der Waals surface area contributed by atoms with E-state index < -0.39 is 0 Å². The molecule has 7 rings (SSSR count). The molecule has 2 aliphatic heterocycles. The molecule has 214 valence electrons. The zero-order valence-electron chi connectivity index (χ0n) is 24.5. The minimum absolute atomic E-state index is 0.142. The van der Waals surface area contributed by atoms with E-state index in [4.69, 9.17) is 24.4 Å². The summed E-state index contributed by atoms with van der Waals surface area (Å²) >= 11 is 11.6. The number of aryl methyl sites for hydroxylation is 2. The van der Waals surface area contributed by atoms with Crippen molar-refractivity contribution in [1.29, 1.82) is 0 Å². The van der Waals surface area contributed by atoms with Gasteiger partial charge in [-0.15, -0.1) is 0 Å². The van der Waals surface area contributed by atoms with Crippen LogP contribution in [0.15, 0.2) is 60.7 Å². The smallest absolute Gasteiger partial charge is 0.110 e. The monoisotopic (exact) mass is 660 g/mol. The number of rotatable bonds is 4. The molecule has 3 aromatic carbocycles. The van der Waals surface area contributed by atoms with Crippen LogP contribution in [0.25, 0.3) is 22.3 Å². The van der Waals surface area contributed by atoms with Gasteiger partial charge in [-0.05, 0) is 76.9 Å². The fourth-order valence-electron chi connectivity index (χ4n) is 6.49. The van der Waals surface area contributed by atoms with Crippen LogP contribution in [0.4, 0.5) is 11.4 Å². The summed E-state index contributed by atoms with van der Waals surface area (Å²) in [6, 6.07) is 22.9. The Bertz CT molecular complexity index is 1830. The molecule has 5 aromatic rings. The highest BCUT2D eigenvalue weighted by Crippen LogP contribution is 2.54. The lowest BCUT2D eigenvalue weighted by Gasteiger charge is -2.45. The van der Waals surface area contributed by atoms with Crippen molar-refractivity contribution >= 4 is 77.2 Å². The number of nitrogens with zero attached hydrogens (tertiary/aromatic N) is 2. The maximum atomic E-state index is 5.82. The van der Waals surface area contributed by atoms with Gasteiger partial charge in [0.25, 0.3) is 0 Å². The average Bonchev–Trinajstić information content (AvgIpc) is 3.54. The van der Waals surface area contributed by atoms with Gasteiger partial charge >= 0.3 is 0 Å². The van der Waals surface area contributed by atoms with E-state index in [2.05, 4.69) is 112 Å². The summed E-state index contributed by atoms with van der Waals surface area (Å²) in [7, 11) is 7.15. The number of anilines is 2. The highest BCUT2D eigenvalue weighted by molar-refractivity contribution is 7.80. The summed E-state index contributed by atoms with van der Waals surface area (Å²) in [5.41, 5.74) is 12.5. The molecule has 0 saturated carbocycles. The van der Waals surface area contributed by atoms with Crippen LogP contribution in [-0.2, 0) is 24.2 Å². The predicted molar refractivity (Wildman–Crippen MR) is 191 cm³/mol. The van der Waals surface area contributed by atoms with Crippen LogP contribution >= 0.6 is 65.8 Å². The maximum absolute atomic E-state index is 5.82. The molecule has 0 spiro atoms. The molecule has 0 fully saturated rings. The molecule has 0 aliphatic carbocycles. The Balaban J connectivity index is 1.21. The molecule has 0 saturated heterocycles. The normalized spacial score (nSPS) is 16.0. The lowest BCUT2D eigenvalue weighted by atomic mass is 9.86. The second-order valence-corrected chi connectivity index (χ2v) is 18.1. The first-order valence-corrected chi connectivity index (χ1v) is 19.2. The van der Waals surface area contributed by atoms with Crippen LogP contribution in [0.2, 0.25) is 0 Å². The van der Waals surface area contributed by atoms with Crippen molar-refractivity contribution in [3.05, 3.63) is 100 Å². The third kappa shape index (κ3) is 4.41. The molecule has 0 N–H and O–H groups in total. The van der Waals surface area contributed by atoms with Gasteiger partial charge in [0.2, 0.25) is 0 Å². The Morgan fingerprint density at radius 3 is 1.33 bits per heavy atom. The number of fused-ring (bicyclic) bond motifs is 6.